The van der Waals surface area contributed by atoms with E-state index in [4.69, 9.17) is 0 Å². The van der Waals surface area contributed by atoms with Gasteiger partial charge in [-0.2, -0.15) is 11.8 Å². The van der Waals surface area contributed by atoms with Crippen molar-refractivity contribution in [2.75, 3.05) is 12.3 Å². The molecule has 0 bridgehead atoms. The second-order valence-electron chi connectivity index (χ2n) is 5.58. The monoisotopic (exact) mass is 263 g/mol. The summed E-state index contributed by atoms with van der Waals surface area (Å²) in [5.74, 6) is 1.35. The van der Waals surface area contributed by atoms with Crippen LogP contribution in [0.15, 0.2) is 12.1 Å². The van der Waals surface area contributed by atoms with Gasteiger partial charge in [0.25, 0.3) is 0 Å². The molecule has 2 atom stereocenters. The van der Waals surface area contributed by atoms with Crippen molar-refractivity contribution in [3.05, 3.63) is 34.4 Å². The highest BCUT2D eigenvalue weighted by molar-refractivity contribution is 8.00. The van der Waals surface area contributed by atoms with Crippen molar-refractivity contribution in [3.63, 3.8) is 0 Å². The number of rotatable bonds is 4. The predicted molar refractivity (Wildman–Crippen MR) is 82.6 cm³/mol. The molecule has 1 heterocycles. The summed E-state index contributed by atoms with van der Waals surface area (Å²) in [6.45, 7) is 10.1. The van der Waals surface area contributed by atoms with Crippen LogP contribution in [0, 0.1) is 20.8 Å². The highest BCUT2D eigenvalue weighted by atomic mass is 32.2. The standard InChI is InChI=1S/C16H25NS/c1-11-8-12(2)16(13(3)9-11)14(4)17-10-15-6-5-7-18-15/h8-9,14-15,17H,5-7,10H2,1-4H3. The third-order valence-electron chi connectivity index (χ3n) is 3.85. The van der Waals surface area contributed by atoms with Gasteiger partial charge in [0, 0.05) is 17.8 Å². The number of aryl methyl sites for hydroxylation is 3. The van der Waals surface area contributed by atoms with Crippen molar-refractivity contribution in [3.8, 4) is 0 Å². The Bertz CT molecular complexity index is 385. The van der Waals surface area contributed by atoms with Crippen molar-refractivity contribution in [2.45, 2.75) is 51.8 Å². The molecule has 0 aliphatic carbocycles. The summed E-state index contributed by atoms with van der Waals surface area (Å²) in [6.07, 6.45) is 2.78. The highest BCUT2D eigenvalue weighted by Crippen LogP contribution is 2.27. The zero-order chi connectivity index (χ0) is 13.1. The molecule has 18 heavy (non-hydrogen) atoms. The Kier molecular flexibility index (Phi) is 4.74. The number of nitrogens with one attached hydrogen (secondary N) is 1. The van der Waals surface area contributed by atoms with Crippen molar-refractivity contribution in [1.29, 1.82) is 0 Å². The molecule has 0 spiro atoms. The van der Waals surface area contributed by atoms with Crippen LogP contribution in [0.4, 0.5) is 0 Å². The molecule has 0 radical (unpaired) electrons. The lowest BCUT2D eigenvalue weighted by molar-refractivity contribution is 0.555. The Morgan fingerprint density at radius 1 is 1.28 bits per heavy atom. The zero-order valence-corrected chi connectivity index (χ0v) is 12.9. The SMILES string of the molecule is Cc1cc(C)c(C(C)NCC2CCCS2)c(C)c1. The Balaban J connectivity index is 2.01. The van der Waals surface area contributed by atoms with E-state index in [1.807, 2.05) is 0 Å². The quantitative estimate of drug-likeness (QED) is 0.875. The van der Waals surface area contributed by atoms with Crippen LogP contribution < -0.4 is 5.32 Å². The van der Waals surface area contributed by atoms with Gasteiger partial charge < -0.3 is 5.32 Å². The van der Waals surface area contributed by atoms with Crippen LogP contribution in [0.5, 0.6) is 0 Å². The fraction of sp³-hybridized carbons (Fsp3) is 0.625. The second kappa shape index (κ2) is 6.12. The summed E-state index contributed by atoms with van der Waals surface area (Å²) < 4.78 is 0. The summed E-state index contributed by atoms with van der Waals surface area (Å²) in [5, 5.41) is 4.55. The van der Waals surface area contributed by atoms with Crippen LogP contribution in [-0.4, -0.2) is 17.5 Å². The molecular formula is C16H25NS. The Morgan fingerprint density at radius 2 is 1.94 bits per heavy atom. The van der Waals surface area contributed by atoms with E-state index in [1.165, 1.54) is 40.8 Å². The molecule has 2 heteroatoms. The maximum Gasteiger partial charge on any atom is 0.0297 e. The van der Waals surface area contributed by atoms with Gasteiger partial charge >= 0.3 is 0 Å². The Labute approximate surface area is 116 Å². The smallest absolute Gasteiger partial charge is 0.0297 e. The number of thioether (sulfide) groups is 1. The molecule has 2 unspecified atom stereocenters. The molecule has 2 rings (SSSR count). The topological polar surface area (TPSA) is 12.0 Å². The van der Waals surface area contributed by atoms with E-state index < -0.39 is 0 Å². The molecule has 0 amide bonds. The molecule has 1 aliphatic rings. The average molecular weight is 263 g/mol. The number of hydrogen-bond acceptors (Lipinski definition) is 2. The molecule has 1 aliphatic heterocycles. The van der Waals surface area contributed by atoms with Crippen LogP contribution in [0.2, 0.25) is 0 Å². The van der Waals surface area contributed by atoms with Crippen LogP contribution in [0.25, 0.3) is 0 Å². The summed E-state index contributed by atoms with van der Waals surface area (Å²) in [6, 6.07) is 5.06. The normalized spacial score (nSPS) is 21.2. The number of hydrogen-bond donors (Lipinski definition) is 1. The fourth-order valence-corrected chi connectivity index (χ4v) is 4.30. The fourth-order valence-electron chi connectivity index (χ4n) is 3.09. The van der Waals surface area contributed by atoms with E-state index in [0.717, 1.165) is 11.8 Å². The van der Waals surface area contributed by atoms with Crippen molar-refractivity contribution >= 4 is 11.8 Å². The van der Waals surface area contributed by atoms with E-state index >= 15 is 0 Å². The molecule has 1 fully saturated rings. The van der Waals surface area contributed by atoms with Gasteiger partial charge in [0.1, 0.15) is 0 Å². The maximum absolute atomic E-state index is 3.72. The zero-order valence-electron chi connectivity index (χ0n) is 12.0. The van der Waals surface area contributed by atoms with E-state index in [0.29, 0.717) is 6.04 Å². The number of benzene rings is 1. The maximum atomic E-state index is 3.72. The minimum absolute atomic E-state index is 0.465. The van der Waals surface area contributed by atoms with Crippen LogP contribution in [0.1, 0.15) is 48.1 Å². The van der Waals surface area contributed by atoms with Gasteiger partial charge in [-0.25, -0.2) is 0 Å². The third kappa shape index (κ3) is 3.30. The van der Waals surface area contributed by atoms with E-state index in [2.05, 4.69) is 56.9 Å². The van der Waals surface area contributed by atoms with E-state index in [-0.39, 0.29) is 0 Å². The second-order valence-corrected chi connectivity index (χ2v) is 6.99. The highest BCUT2D eigenvalue weighted by Gasteiger charge is 2.17. The van der Waals surface area contributed by atoms with Gasteiger partial charge in [-0.15, -0.1) is 0 Å². The lowest BCUT2D eigenvalue weighted by Gasteiger charge is -2.21. The Hall–Kier alpha value is -0.470. The molecule has 100 valence electrons. The first-order valence-electron chi connectivity index (χ1n) is 7.00. The first-order chi connectivity index (χ1) is 8.58. The lowest BCUT2D eigenvalue weighted by Crippen LogP contribution is -2.27. The molecule has 1 aromatic rings. The molecule has 0 aromatic heterocycles. The first kappa shape index (κ1) is 14.0. The van der Waals surface area contributed by atoms with Crippen LogP contribution in [-0.2, 0) is 0 Å². The summed E-state index contributed by atoms with van der Waals surface area (Å²) in [4.78, 5) is 0. The summed E-state index contributed by atoms with van der Waals surface area (Å²) in [5.41, 5.74) is 5.70. The Morgan fingerprint density at radius 3 is 2.50 bits per heavy atom. The predicted octanol–water partition coefficient (Wildman–Crippen LogP) is 4.16. The van der Waals surface area contributed by atoms with Gasteiger partial charge in [0.2, 0.25) is 0 Å². The average Bonchev–Trinajstić information content (AvgIpc) is 2.77. The van der Waals surface area contributed by atoms with Crippen molar-refractivity contribution in [1.82, 2.24) is 5.32 Å². The van der Waals surface area contributed by atoms with Crippen LogP contribution in [0.3, 0.4) is 0 Å². The van der Waals surface area contributed by atoms with Crippen molar-refractivity contribution < 1.29 is 0 Å². The molecule has 1 saturated heterocycles. The van der Waals surface area contributed by atoms with E-state index in [9.17, 15) is 0 Å². The molecule has 1 aromatic carbocycles. The molecule has 0 saturated carbocycles. The van der Waals surface area contributed by atoms with Gasteiger partial charge in [0.15, 0.2) is 0 Å². The van der Waals surface area contributed by atoms with Crippen LogP contribution >= 0.6 is 11.8 Å². The minimum Gasteiger partial charge on any atom is -0.309 e. The first-order valence-corrected chi connectivity index (χ1v) is 8.05. The summed E-state index contributed by atoms with van der Waals surface area (Å²) in [7, 11) is 0. The molecule has 1 N–H and O–H groups in total. The lowest BCUT2D eigenvalue weighted by atomic mass is 9.95. The molecular weight excluding hydrogens is 238 g/mol. The largest absolute Gasteiger partial charge is 0.309 e. The third-order valence-corrected chi connectivity index (χ3v) is 5.24. The van der Waals surface area contributed by atoms with E-state index in [1.54, 1.807) is 0 Å². The van der Waals surface area contributed by atoms with Crippen molar-refractivity contribution in [2.24, 2.45) is 0 Å². The van der Waals surface area contributed by atoms with Gasteiger partial charge in [0.05, 0.1) is 0 Å². The van der Waals surface area contributed by atoms with Gasteiger partial charge in [-0.05, 0) is 63.0 Å². The molecule has 1 nitrogen and oxygen atoms in total. The van der Waals surface area contributed by atoms with Gasteiger partial charge in [-0.3, -0.25) is 0 Å². The van der Waals surface area contributed by atoms with Gasteiger partial charge in [-0.1, -0.05) is 17.7 Å². The summed E-state index contributed by atoms with van der Waals surface area (Å²) >= 11 is 2.13. The minimum atomic E-state index is 0.465.